The van der Waals surface area contributed by atoms with Crippen molar-refractivity contribution in [2.45, 2.75) is 33.7 Å². The Labute approximate surface area is 163 Å². The normalized spacial score (nSPS) is 10.7. The molecular formula is C19H26N4O3S. The number of anilines is 3. The second kappa shape index (κ2) is 10.0. The summed E-state index contributed by atoms with van der Waals surface area (Å²) in [6, 6.07) is 9.83. The number of thioether (sulfide) groups is 1. The molecule has 146 valence electrons. The SMILES string of the molecule is CCN(c1ccc(NC(=O)CSCC(=O)Nc2cc(C)on2)cc1)C(C)C. The van der Waals surface area contributed by atoms with Crippen LogP contribution in [0.5, 0.6) is 0 Å². The first-order valence-corrected chi connectivity index (χ1v) is 10.0. The molecule has 1 aromatic heterocycles. The monoisotopic (exact) mass is 390 g/mol. The van der Waals surface area contributed by atoms with E-state index in [9.17, 15) is 9.59 Å². The molecule has 0 saturated heterocycles. The van der Waals surface area contributed by atoms with Crippen LogP contribution in [-0.2, 0) is 9.59 Å². The number of amides is 2. The van der Waals surface area contributed by atoms with E-state index in [0.717, 1.165) is 17.9 Å². The molecule has 0 fully saturated rings. The number of hydrogen-bond donors (Lipinski definition) is 2. The molecule has 27 heavy (non-hydrogen) atoms. The molecule has 0 radical (unpaired) electrons. The molecule has 0 saturated carbocycles. The molecule has 0 atom stereocenters. The first kappa shape index (κ1) is 20.8. The summed E-state index contributed by atoms with van der Waals surface area (Å²) in [5.74, 6) is 0.995. The van der Waals surface area contributed by atoms with E-state index < -0.39 is 0 Å². The van der Waals surface area contributed by atoms with Crippen molar-refractivity contribution in [3.05, 3.63) is 36.1 Å². The summed E-state index contributed by atoms with van der Waals surface area (Å²) in [6.07, 6.45) is 0. The zero-order valence-electron chi connectivity index (χ0n) is 16.1. The van der Waals surface area contributed by atoms with Crippen LogP contribution in [0.3, 0.4) is 0 Å². The second-order valence-electron chi connectivity index (χ2n) is 6.34. The second-order valence-corrected chi connectivity index (χ2v) is 7.32. The lowest BCUT2D eigenvalue weighted by Gasteiger charge is -2.27. The van der Waals surface area contributed by atoms with Crippen LogP contribution in [0.15, 0.2) is 34.9 Å². The minimum Gasteiger partial charge on any atom is -0.369 e. The summed E-state index contributed by atoms with van der Waals surface area (Å²) in [6.45, 7) is 9.09. The lowest BCUT2D eigenvalue weighted by molar-refractivity contribution is -0.114. The van der Waals surface area contributed by atoms with E-state index in [1.54, 1.807) is 13.0 Å². The summed E-state index contributed by atoms with van der Waals surface area (Å²) in [7, 11) is 0. The van der Waals surface area contributed by atoms with Crippen LogP contribution in [0.25, 0.3) is 0 Å². The first-order chi connectivity index (χ1) is 12.9. The van der Waals surface area contributed by atoms with Crippen molar-refractivity contribution >= 4 is 40.8 Å². The average Bonchev–Trinajstić information content (AvgIpc) is 3.01. The van der Waals surface area contributed by atoms with Crippen molar-refractivity contribution in [2.24, 2.45) is 0 Å². The van der Waals surface area contributed by atoms with E-state index in [2.05, 4.69) is 41.5 Å². The van der Waals surface area contributed by atoms with E-state index in [1.165, 1.54) is 11.8 Å². The number of carbonyl (C=O) groups is 2. The topological polar surface area (TPSA) is 87.5 Å². The van der Waals surface area contributed by atoms with Gasteiger partial charge >= 0.3 is 0 Å². The Morgan fingerprint density at radius 3 is 2.30 bits per heavy atom. The number of nitrogens with one attached hydrogen (secondary N) is 2. The fraction of sp³-hybridized carbons (Fsp3) is 0.421. The smallest absolute Gasteiger partial charge is 0.235 e. The molecule has 1 heterocycles. The molecule has 2 aromatic rings. The fourth-order valence-corrected chi connectivity index (χ4v) is 3.24. The van der Waals surface area contributed by atoms with Gasteiger partial charge in [0.2, 0.25) is 11.8 Å². The van der Waals surface area contributed by atoms with Gasteiger partial charge in [-0.15, -0.1) is 11.8 Å². The predicted octanol–water partition coefficient (Wildman–Crippen LogP) is 3.53. The Balaban J connectivity index is 1.74. The van der Waals surface area contributed by atoms with Crippen LogP contribution in [0.1, 0.15) is 26.5 Å². The van der Waals surface area contributed by atoms with Crippen LogP contribution < -0.4 is 15.5 Å². The molecule has 0 aliphatic carbocycles. The average molecular weight is 391 g/mol. The largest absolute Gasteiger partial charge is 0.369 e. The molecule has 2 N–H and O–H groups in total. The highest BCUT2D eigenvalue weighted by atomic mass is 32.2. The maximum absolute atomic E-state index is 12.0. The lowest BCUT2D eigenvalue weighted by Crippen LogP contribution is -2.30. The van der Waals surface area contributed by atoms with E-state index in [0.29, 0.717) is 17.6 Å². The minimum atomic E-state index is -0.223. The number of benzene rings is 1. The van der Waals surface area contributed by atoms with Crippen molar-refractivity contribution in [2.75, 3.05) is 33.6 Å². The molecule has 7 nitrogen and oxygen atoms in total. The molecule has 8 heteroatoms. The van der Waals surface area contributed by atoms with Crippen molar-refractivity contribution in [1.29, 1.82) is 0 Å². The number of hydrogen-bond acceptors (Lipinski definition) is 6. The van der Waals surface area contributed by atoms with Gasteiger partial charge in [-0.2, -0.15) is 0 Å². The van der Waals surface area contributed by atoms with Gasteiger partial charge in [0, 0.05) is 30.0 Å². The van der Waals surface area contributed by atoms with Crippen LogP contribution in [0.2, 0.25) is 0 Å². The molecule has 1 aromatic carbocycles. The molecular weight excluding hydrogens is 364 g/mol. The number of aryl methyl sites for hydroxylation is 1. The summed E-state index contributed by atoms with van der Waals surface area (Å²) in [5, 5.41) is 9.15. The number of nitrogens with zero attached hydrogens (tertiary/aromatic N) is 2. The third-order valence-corrected chi connectivity index (χ3v) is 4.74. The van der Waals surface area contributed by atoms with Crippen LogP contribution in [0.4, 0.5) is 17.2 Å². The van der Waals surface area contributed by atoms with Gasteiger partial charge in [-0.1, -0.05) is 5.16 Å². The third kappa shape index (κ3) is 6.63. The lowest BCUT2D eigenvalue weighted by atomic mass is 10.2. The Morgan fingerprint density at radius 2 is 1.78 bits per heavy atom. The van der Waals surface area contributed by atoms with E-state index in [-0.39, 0.29) is 23.3 Å². The highest BCUT2D eigenvalue weighted by molar-refractivity contribution is 8.00. The van der Waals surface area contributed by atoms with E-state index >= 15 is 0 Å². The van der Waals surface area contributed by atoms with Gasteiger partial charge in [0.25, 0.3) is 0 Å². The molecule has 2 amide bonds. The van der Waals surface area contributed by atoms with Gasteiger partial charge in [-0.05, 0) is 52.0 Å². The Bertz CT molecular complexity index is 759. The molecule has 0 spiro atoms. The van der Waals surface area contributed by atoms with Gasteiger partial charge in [-0.3, -0.25) is 9.59 Å². The molecule has 0 unspecified atom stereocenters. The quantitative estimate of drug-likeness (QED) is 0.681. The molecule has 0 aliphatic heterocycles. The highest BCUT2D eigenvalue weighted by Crippen LogP contribution is 2.20. The van der Waals surface area contributed by atoms with E-state index in [4.69, 9.17) is 4.52 Å². The van der Waals surface area contributed by atoms with Crippen molar-refractivity contribution < 1.29 is 14.1 Å². The maximum Gasteiger partial charge on any atom is 0.235 e. The van der Waals surface area contributed by atoms with Crippen LogP contribution in [0, 0.1) is 6.92 Å². The third-order valence-electron chi connectivity index (χ3n) is 3.81. The maximum atomic E-state index is 12.0. The van der Waals surface area contributed by atoms with Crippen LogP contribution >= 0.6 is 11.8 Å². The highest BCUT2D eigenvalue weighted by Gasteiger charge is 2.10. The predicted molar refractivity (Wildman–Crippen MR) is 110 cm³/mol. The van der Waals surface area contributed by atoms with Crippen molar-refractivity contribution in [3.8, 4) is 0 Å². The zero-order chi connectivity index (χ0) is 19.8. The number of aromatic nitrogens is 1. The summed E-state index contributed by atoms with van der Waals surface area (Å²) >= 11 is 1.24. The summed E-state index contributed by atoms with van der Waals surface area (Å²) in [4.78, 5) is 26.1. The molecule has 2 rings (SSSR count). The standard InChI is InChI=1S/C19H26N4O3S/c1-5-23(13(2)3)16-8-6-15(7-9-16)20-18(24)11-27-12-19(25)21-17-10-14(4)26-22-17/h6-10,13H,5,11-12H2,1-4H3,(H,20,24)(H,21,22,25). The number of rotatable bonds is 9. The molecule has 0 aliphatic rings. The Kier molecular flexibility index (Phi) is 7.72. The Hall–Kier alpha value is -2.48. The van der Waals surface area contributed by atoms with Crippen molar-refractivity contribution in [1.82, 2.24) is 5.16 Å². The fourth-order valence-electron chi connectivity index (χ4n) is 2.62. The van der Waals surface area contributed by atoms with Gasteiger partial charge in [0.05, 0.1) is 11.5 Å². The van der Waals surface area contributed by atoms with Gasteiger partial charge in [-0.25, -0.2) is 0 Å². The summed E-state index contributed by atoms with van der Waals surface area (Å²) < 4.78 is 4.88. The Morgan fingerprint density at radius 1 is 1.15 bits per heavy atom. The minimum absolute atomic E-state index is 0.144. The number of carbonyl (C=O) groups excluding carboxylic acids is 2. The van der Waals surface area contributed by atoms with Gasteiger partial charge < -0.3 is 20.1 Å². The zero-order valence-corrected chi connectivity index (χ0v) is 16.9. The summed E-state index contributed by atoms with van der Waals surface area (Å²) in [5.41, 5.74) is 1.87. The van der Waals surface area contributed by atoms with Crippen molar-refractivity contribution in [3.63, 3.8) is 0 Å². The van der Waals surface area contributed by atoms with E-state index in [1.807, 2.05) is 24.3 Å². The van der Waals surface area contributed by atoms with Crippen LogP contribution in [-0.4, -0.2) is 41.1 Å². The first-order valence-electron chi connectivity index (χ1n) is 8.86. The van der Waals surface area contributed by atoms with Gasteiger partial charge in [0.15, 0.2) is 5.82 Å². The molecule has 0 bridgehead atoms. The van der Waals surface area contributed by atoms with Gasteiger partial charge in [0.1, 0.15) is 5.76 Å².